The van der Waals surface area contributed by atoms with E-state index in [0.29, 0.717) is 34.2 Å². The fourth-order valence-corrected chi connectivity index (χ4v) is 4.49. The van der Waals surface area contributed by atoms with Crippen LogP contribution in [-0.2, 0) is 11.8 Å². The number of carbonyl (C=O) groups excluding carboxylic acids is 1. The molecule has 0 saturated carbocycles. The highest BCUT2D eigenvalue weighted by Gasteiger charge is 2.22. The molecule has 1 saturated heterocycles. The summed E-state index contributed by atoms with van der Waals surface area (Å²) in [6, 6.07) is 15.0. The molecule has 0 aliphatic carbocycles. The Morgan fingerprint density at radius 3 is 2.62 bits per heavy atom. The number of benzene rings is 2. The third-order valence-corrected chi connectivity index (χ3v) is 6.32. The minimum Gasteiger partial charge on any atom is -0.368 e. The zero-order chi connectivity index (χ0) is 20.4. The molecule has 0 radical (unpaired) electrons. The van der Waals surface area contributed by atoms with Gasteiger partial charge in [-0.3, -0.25) is 14.2 Å². The Morgan fingerprint density at radius 2 is 1.86 bits per heavy atom. The van der Waals surface area contributed by atoms with Crippen LogP contribution in [0.15, 0.2) is 58.5 Å². The van der Waals surface area contributed by atoms with E-state index in [9.17, 15) is 9.59 Å². The van der Waals surface area contributed by atoms with Crippen LogP contribution in [0.5, 0.6) is 0 Å². The monoisotopic (exact) mass is 428 g/mol. The predicted molar refractivity (Wildman–Crippen MR) is 118 cm³/mol. The lowest BCUT2D eigenvalue weighted by atomic mass is 10.2. The molecule has 1 fully saturated rings. The third-order valence-electron chi connectivity index (χ3n) is 5.07. The van der Waals surface area contributed by atoms with Crippen molar-refractivity contribution in [2.75, 3.05) is 36.8 Å². The van der Waals surface area contributed by atoms with Crippen molar-refractivity contribution in [3.63, 3.8) is 0 Å². The van der Waals surface area contributed by atoms with Crippen molar-refractivity contribution in [2.24, 2.45) is 7.05 Å². The summed E-state index contributed by atoms with van der Waals surface area (Å²) in [4.78, 5) is 33.8. The Morgan fingerprint density at radius 1 is 1.10 bits per heavy atom. The molecule has 2 heterocycles. The number of hydrogen-bond donors (Lipinski definition) is 0. The van der Waals surface area contributed by atoms with Crippen LogP contribution in [0.1, 0.15) is 0 Å². The first-order valence-corrected chi connectivity index (χ1v) is 10.8. The molecule has 0 spiro atoms. The largest absolute Gasteiger partial charge is 0.368 e. The Hall–Kier alpha value is -2.51. The van der Waals surface area contributed by atoms with Crippen LogP contribution in [0.4, 0.5) is 5.69 Å². The van der Waals surface area contributed by atoms with Crippen molar-refractivity contribution in [3.8, 4) is 0 Å². The minimum atomic E-state index is -0.0966. The smallest absolute Gasteiger partial charge is 0.261 e. The van der Waals surface area contributed by atoms with Gasteiger partial charge in [0.15, 0.2) is 5.16 Å². The van der Waals surface area contributed by atoms with E-state index < -0.39 is 0 Å². The molecular formula is C21H21ClN4O2S. The normalized spacial score (nSPS) is 14.4. The molecule has 0 atom stereocenters. The molecule has 150 valence electrons. The molecule has 6 nitrogen and oxygen atoms in total. The molecule has 1 aromatic heterocycles. The number of thioether (sulfide) groups is 1. The second-order valence-electron chi connectivity index (χ2n) is 6.91. The molecule has 1 aliphatic rings. The fourth-order valence-electron chi connectivity index (χ4n) is 3.43. The molecule has 0 N–H and O–H groups in total. The highest BCUT2D eigenvalue weighted by molar-refractivity contribution is 7.99. The van der Waals surface area contributed by atoms with Crippen LogP contribution >= 0.6 is 23.4 Å². The van der Waals surface area contributed by atoms with Crippen molar-refractivity contribution >= 4 is 45.9 Å². The highest BCUT2D eigenvalue weighted by atomic mass is 35.5. The van der Waals surface area contributed by atoms with E-state index in [-0.39, 0.29) is 17.2 Å². The number of halogens is 1. The maximum absolute atomic E-state index is 12.7. The topological polar surface area (TPSA) is 58.4 Å². The Balaban J connectivity index is 1.38. The van der Waals surface area contributed by atoms with Gasteiger partial charge in [-0.1, -0.05) is 41.6 Å². The van der Waals surface area contributed by atoms with Gasteiger partial charge in [0.05, 0.1) is 16.7 Å². The number of para-hydroxylation sites is 1. The van der Waals surface area contributed by atoms with Gasteiger partial charge < -0.3 is 9.80 Å². The second-order valence-corrected chi connectivity index (χ2v) is 8.29. The standard InChI is InChI=1S/C21H21ClN4O2S/c1-24-20(28)17-7-2-3-8-18(17)23-21(24)29-14-19(27)26-11-9-25(10-12-26)16-6-4-5-15(22)13-16/h2-8,13H,9-12,14H2,1H3. The molecule has 4 rings (SSSR count). The van der Waals surface area contributed by atoms with Crippen LogP contribution < -0.4 is 10.5 Å². The number of piperazine rings is 1. The van der Waals surface area contributed by atoms with Gasteiger partial charge in [0, 0.05) is 43.9 Å². The second kappa shape index (κ2) is 8.47. The van der Waals surface area contributed by atoms with E-state index in [1.54, 1.807) is 13.1 Å². The lowest BCUT2D eigenvalue weighted by Crippen LogP contribution is -2.49. The summed E-state index contributed by atoms with van der Waals surface area (Å²) >= 11 is 7.39. The summed E-state index contributed by atoms with van der Waals surface area (Å²) < 4.78 is 1.51. The fraction of sp³-hybridized carbons (Fsp3) is 0.286. The van der Waals surface area contributed by atoms with Crippen molar-refractivity contribution in [1.29, 1.82) is 0 Å². The zero-order valence-corrected chi connectivity index (χ0v) is 17.6. The first-order valence-electron chi connectivity index (χ1n) is 9.40. The van der Waals surface area contributed by atoms with Gasteiger partial charge in [-0.2, -0.15) is 0 Å². The number of aromatic nitrogens is 2. The molecular weight excluding hydrogens is 408 g/mol. The molecule has 0 unspecified atom stereocenters. The van der Waals surface area contributed by atoms with Gasteiger partial charge in [0.2, 0.25) is 5.91 Å². The molecule has 0 bridgehead atoms. The van der Waals surface area contributed by atoms with E-state index in [0.717, 1.165) is 18.8 Å². The van der Waals surface area contributed by atoms with Gasteiger partial charge in [-0.15, -0.1) is 0 Å². The number of hydrogen-bond acceptors (Lipinski definition) is 5. The SMILES string of the molecule is Cn1c(SCC(=O)N2CCN(c3cccc(Cl)c3)CC2)nc2ccccc2c1=O. The maximum atomic E-state index is 12.7. The highest BCUT2D eigenvalue weighted by Crippen LogP contribution is 2.22. The molecule has 1 aliphatic heterocycles. The lowest BCUT2D eigenvalue weighted by molar-refractivity contribution is -0.128. The number of rotatable bonds is 4. The van der Waals surface area contributed by atoms with Crippen molar-refractivity contribution in [3.05, 3.63) is 63.9 Å². The Bertz CT molecular complexity index is 1110. The van der Waals surface area contributed by atoms with Crippen LogP contribution in [0.2, 0.25) is 5.02 Å². The average Bonchev–Trinajstić information content (AvgIpc) is 2.75. The summed E-state index contributed by atoms with van der Waals surface area (Å²) in [5.74, 6) is 0.318. The number of amides is 1. The number of fused-ring (bicyclic) bond motifs is 1. The van der Waals surface area contributed by atoms with Gasteiger partial charge in [-0.05, 0) is 30.3 Å². The molecule has 3 aromatic rings. The average molecular weight is 429 g/mol. The zero-order valence-electron chi connectivity index (χ0n) is 16.0. The van der Waals surface area contributed by atoms with Gasteiger partial charge in [0.1, 0.15) is 0 Å². The number of anilines is 1. The van der Waals surface area contributed by atoms with Crippen molar-refractivity contribution < 1.29 is 4.79 Å². The molecule has 1 amide bonds. The predicted octanol–water partition coefficient (Wildman–Crippen LogP) is 3.03. The number of nitrogens with zero attached hydrogens (tertiary/aromatic N) is 4. The number of carbonyl (C=O) groups is 1. The third kappa shape index (κ3) is 4.26. The quantitative estimate of drug-likeness (QED) is 0.472. The van der Waals surface area contributed by atoms with Crippen LogP contribution in [0, 0.1) is 0 Å². The maximum Gasteiger partial charge on any atom is 0.261 e. The van der Waals surface area contributed by atoms with Gasteiger partial charge >= 0.3 is 0 Å². The Kier molecular flexibility index (Phi) is 5.78. The van der Waals surface area contributed by atoms with Crippen molar-refractivity contribution in [1.82, 2.24) is 14.5 Å². The van der Waals surface area contributed by atoms with E-state index in [1.807, 2.05) is 47.4 Å². The summed E-state index contributed by atoms with van der Waals surface area (Å²) in [6.45, 7) is 2.86. The van der Waals surface area contributed by atoms with Crippen LogP contribution in [-0.4, -0.2) is 52.3 Å². The van der Waals surface area contributed by atoms with E-state index in [4.69, 9.17) is 11.6 Å². The van der Waals surface area contributed by atoms with E-state index in [1.165, 1.54) is 16.3 Å². The Labute approximate surface area is 178 Å². The molecule has 2 aromatic carbocycles. The minimum absolute atomic E-state index is 0.0585. The van der Waals surface area contributed by atoms with Gasteiger partial charge in [0.25, 0.3) is 5.56 Å². The first kappa shape index (κ1) is 19.8. The van der Waals surface area contributed by atoms with Crippen molar-refractivity contribution in [2.45, 2.75) is 5.16 Å². The summed E-state index contributed by atoms with van der Waals surface area (Å²) in [7, 11) is 1.69. The summed E-state index contributed by atoms with van der Waals surface area (Å²) in [6.07, 6.45) is 0. The molecule has 29 heavy (non-hydrogen) atoms. The lowest BCUT2D eigenvalue weighted by Gasteiger charge is -2.36. The van der Waals surface area contributed by atoms with Gasteiger partial charge in [-0.25, -0.2) is 4.98 Å². The first-order chi connectivity index (χ1) is 14.0. The van der Waals surface area contributed by atoms with E-state index in [2.05, 4.69) is 9.88 Å². The summed E-state index contributed by atoms with van der Waals surface area (Å²) in [5, 5.41) is 1.85. The van der Waals surface area contributed by atoms with E-state index >= 15 is 0 Å². The van der Waals surface area contributed by atoms with Crippen LogP contribution in [0.25, 0.3) is 10.9 Å². The summed E-state index contributed by atoms with van der Waals surface area (Å²) in [5.41, 5.74) is 1.63. The molecule has 8 heteroatoms. The van der Waals surface area contributed by atoms with Crippen LogP contribution in [0.3, 0.4) is 0 Å².